The second-order valence-electron chi connectivity index (χ2n) is 5.53. The maximum atomic E-state index is 11.7. The second kappa shape index (κ2) is 6.13. The zero-order valence-electron chi connectivity index (χ0n) is 11.7. The van der Waals surface area contributed by atoms with Crippen LogP contribution in [0.4, 0.5) is 16.2 Å². The molecule has 1 unspecified atom stereocenters. The van der Waals surface area contributed by atoms with Gasteiger partial charge in [-0.05, 0) is 50.0 Å². The van der Waals surface area contributed by atoms with Gasteiger partial charge in [-0.1, -0.05) is 6.07 Å². The Balaban J connectivity index is 1.60. The van der Waals surface area contributed by atoms with Crippen LogP contribution in [0.25, 0.3) is 0 Å². The molecule has 1 atom stereocenters. The van der Waals surface area contributed by atoms with Crippen molar-refractivity contribution < 1.29 is 4.79 Å². The highest BCUT2D eigenvalue weighted by Crippen LogP contribution is 2.21. The van der Waals surface area contributed by atoms with Crippen molar-refractivity contribution in [3.05, 3.63) is 24.3 Å². The maximum absolute atomic E-state index is 11.7. The van der Waals surface area contributed by atoms with Gasteiger partial charge in [0.15, 0.2) is 0 Å². The van der Waals surface area contributed by atoms with E-state index in [0.717, 1.165) is 44.1 Å². The van der Waals surface area contributed by atoms with E-state index < -0.39 is 0 Å². The third kappa shape index (κ3) is 3.04. The maximum Gasteiger partial charge on any atom is 0.321 e. The molecule has 0 aliphatic carbocycles. The van der Waals surface area contributed by atoms with Crippen LogP contribution in [-0.2, 0) is 0 Å². The number of rotatable bonds is 4. The Morgan fingerprint density at radius 1 is 1.35 bits per heavy atom. The first-order valence-electron chi connectivity index (χ1n) is 7.43. The standard InChI is InChI=1S/C15H22N4O/c20-15-17-7-8-19(15)14-5-1-4-13(9-14)18-11-12-3-2-6-16-10-12/h1,4-5,9,12,16,18H,2-3,6-8,10-11H2,(H,17,20). The van der Waals surface area contributed by atoms with Gasteiger partial charge < -0.3 is 16.0 Å². The molecule has 108 valence electrons. The van der Waals surface area contributed by atoms with Crippen molar-refractivity contribution in [2.24, 2.45) is 5.92 Å². The molecule has 3 rings (SSSR count). The molecule has 0 radical (unpaired) electrons. The Hall–Kier alpha value is -1.75. The van der Waals surface area contributed by atoms with E-state index in [9.17, 15) is 4.79 Å². The molecule has 20 heavy (non-hydrogen) atoms. The molecule has 2 aliphatic rings. The molecule has 2 saturated heterocycles. The summed E-state index contributed by atoms with van der Waals surface area (Å²) < 4.78 is 0. The number of anilines is 2. The summed E-state index contributed by atoms with van der Waals surface area (Å²) in [4.78, 5) is 13.5. The highest BCUT2D eigenvalue weighted by molar-refractivity contribution is 5.94. The van der Waals surface area contributed by atoms with E-state index in [0.29, 0.717) is 5.92 Å². The van der Waals surface area contributed by atoms with Crippen LogP contribution >= 0.6 is 0 Å². The Bertz CT molecular complexity index is 471. The van der Waals surface area contributed by atoms with E-state index in [-0.39, 0.29) is 6.03 Å². The van der Waals surface area contributed by atoms with Gasteiger partial charge in [0.25, 0.3) is 0 Å². The summed E-state index contributed by atoms with van der Waals surface area (Å²) in [5.41, 5.74) is 2.06. The van der Waals surface area contributed by atoms with E-state index in [4.69, 9.17) is 0 Å². The number of carbonyl (C=O) groups is 1. The second-order valence-corrected chi connectivity index (χ2v) is 5.53. The third-order valence-electron chi connectivity index (χ3n) is 4.01. The van der Waals surface area contributed by atoms with Gasteiger partial charge in [-0.15, -0.1) is 0 Å². The van der Waals surface area contributed by atoms with Crippen LogP contribution in [0, 0.1) is 5.92 Å². The lowest BCUT2D eigenvalue weighted by Gasteiger charge is -2.23. The molecule has 0 spiro atoms. The molecular weight excluding hydrogens is 252 g/mol. The monoisotopic (exact) mass is 274 g/mol. The minimum absolute atomic E-state index is 0.00127. The van der Waals surface area contributed by atoms with E-state index in [2.05, 4.69) is 28.1 Å². The molecule has 3 N–H and O–H groups in total. The summed E-state index contributed by atoms with van der Waals surface area (Å²) in [6, 6.07) is 8.11. The van der Waals surface area contributed by atoms with Crippen molar-refractivity contribution in [1.82, 2.24) is 10.6 Å². The number of hydrogen-bond donors (Lipinski definition) is 3. The van der Waals surface area contributed by atoms with Crippen molar-refractivity contribution in [1.29, 1.82) is 0 Å². The molecule has 2 heterocycles. The summed E-state index contributed by atoms with van der Waals surface area (Å²) in [7, 11) is 0. The predicted molar refractivity (Wildman–Crippen MR) is 81.3 cm³/mol. The first-order chi connectivity index (χ1) is 9.83. The number of nitrogens with zero attached hydrogens (tertiary/aromatic N) is 1. The smallest absolute Gasteiger partial charge is 0.321 e. The van der Waals surface area contributed by atoms with E-state index >= 15 is 0 Å². The lowest BCUT2D eigenvalue weighted by Crippen LogP contribution is -2.33. The lowest BCUT2D eigenvalue weighted by atomic mass is 10.00. The van der Waals surface area contributed by atoms with E-state index in [1.165, 1.54) is 12.8 Å². The number of urea groups is 1. The van der Waals surface area contributed by atoms with Gasteiger partial charge in [0.1, 0.15) is 0 Å². The van der Waals surface area contributed by atoms with Gasteiger partial charge >= 0.3 is 6.03 Å². The van der Waals surface area contributed by atoms with Gasteiger partial charge in [0.05, 0.1) is 0 Å². The quantitative estimate of drug-likeness (QED) is 0.782. The molecule has 1 aromatic carbocycles. The average Bonchev–Trinajstić information content (AvgIpc) is 2.93. The largest absolute Gasteiger partial charge is 0.385 e. The number of hydrogen-bond acceptors (Lipinski definition) is 3. The average molecular weight is 274 g/mol. The van der Waals surface area contributed by atoms with E-state index in [1.54, 1.807) is 4.90 Å². The molecule has 2 fully saturated rings. The van der Waals surface area contributed by atoms with Gasteiger partial charge in [-0.3, -0.25) is 4.90 Å². The predicted octanol–water partition coefficient (Wildman–Crippen LogP) is 1.63. The summed E-state index contributed by atoms with van der Waals surface area (Å²) in [5.74, 6) is 0.697. The van der Waals surface area contributed by atoms with Crippen molar-refractivity contribution in [3.8, 4) is 0 Å². The van der Waals surface area contributed by atoms with Gasteiger partial charge in [-0.25, -0.2) is 4.79 Å². The minimum atomic E-state index is -0.00127. The van der Waals surface area contributed by atoms with Crippen molar-refractivity contribution in [2.45, 2.75) is 12.8 Å². The van der Waals surface area contributed by atoms with Gasteiger partial charge in [0.2, 0.25) is 0 Å². The number of piperidine rings is 1. The van der Waals surface area contributed by atoms with Crippen LogP contribution in [0.2, 0.25) is 0 Å². The molecule has 2 amide bonds. The van der Waals surface area contributed by atoms with Crippen LogP contribution in [0.3, 0.4) is 0 Å². The number of carbonyl (C=O) groups excluding carboxylic acids is 1. The topological polar surface area (TPSA) is 56.4 Å². The Kier molecular flexibility index (Phi) is 4.06. The lowest BCUT2D eigenvalue weighted by molar-refractivity contribution is 0.252. The fourth-order valence-electron chi connectivity index (χ4n) is 2.86. The molecule has 0 saturated carbocycles. The zero-order valence-corrected chi connectivity index (χ0v) is 11.7. The van der Waals surface area contributed by atoms with Crippen LogP contribution in [0.5, 0.6) is 0 Å². The van der Waals surface area contributed by atoms with Crippen molar-refractivity contribution in [2.75, 3.05) is 42.9 Å². The molecule has 1 aromatic rings. The Labute approximate surface area is 119 Å². The summed E-state index contributed by atoms with van der Waals surface area (Å²) in [6.45, 7) is 4.71. The third-order valence-corrected chi connectivity index (χ3v) is 4.01. The van der Waals surface area contributed by atoms with Crippen LogP contribution in [0.15, 0.2) is 24.3 Å². The van der Waals surface area contributed by atoms with Gasteiger partial charge in [-0.2, -0.15) is 0 Å². The molecule has 0 bridgehead atoms. The number of amides is 2. The molecule has 0 aromatic heterocycles. The molecule has 5 heteroatoms. The van der Waals surface area contributed by atoms with Crippen LogP contribution in [-0.4, -0.2) is 38.8 Å². The first kappa shape index (κ1) is 13.2. The molecule has 2 aliphatic heterocycles. The van der Waals surface area contributed by atoms with Crippen molar-refractivity contribution >= 4 is 17.4 Å². The minimum Gasteiger partial charge on any atom is -0.385 e. The number of nitrogens with one attached hydrogen (secondary N) is 3. The molecule has 5 nitrogen and oxygen atoms in total. The van der Waals surface area contributed by atoms with Gasteiger partial charge in [0, 0.05) is 31.0 Å². The summed E-state index contributed by atoms with van der Waals surface area (Å²) in [5, 5.41) is 9.76. The fourth-order valence-corrected chi connectivity index (χ4v) is 2.86. The summed E-state index contributed by atoms with van der Waals surface area (Å²) in [6.07, 6.45) is 2.55. The Morgan fingerprint density at radius 3 is 3.05 bits per heavy atom. The highest BCUT2D eigenvalue weighted by atomic mass is 16.2. The van der Waals surface area contributed by atoms with Crippen molar-refractivity contribution in [3.63, 3.8) is 0 Å². The summed E-state index contributed by atoms with van der Waals surface area (Å²) >= 11 is 0. The fraction of sp³-hybridized carbons (Fsp3) is 0.533. The normalized spacial score (nSPS) is 22.7. The highest BCUT2D eigenvalue weighted by Gasteiger charge is 2.21. The molecular formula is C15H22N4O. The van der Waals surface area contributed by atoms with Crippen LogP contribution < -0.4 is 20.9 Å². The Morgan fingerprint density at radius 2 is 2.30 bits per heavy atom. The first-order valence-corrected chi connectivity index (χ1v) is 7.43. The SMILES string of the molecule is O=C1NCCN1c1cccc(NCC2CCCNC2)c1. The van der Waals surface area contributed by atoms with E-state index in [1.807, 2.05) is 12.1 Å². The van der Waals surface area contributed by atoms with Crippen LogP contribution in [0.1, 0.15) is 12.8 Å². The zero-order chi connectivity index (χ0) is 13.8. The number of benzene rings is 1.